The highest BCUT2D eigenvalue weighted by molar-refractivity contribution is 5.96. The highest BCUT2D eigenvalue weighted by Crippen LogP contribution is 2.44. The van der Waals surface area contributed by atoms with Crippen molar-refractivity contribution >= 4 is 23.5 Å². The number of amides is 1. The van der Waals surface area contributed by atoms with Crippen LogP contribution in [0.25, 0.3) is 0 Å². The number of carboxylic acid groups (broad SMARTS) is 2. The first kappa shape index (κ1) is 14.5. The number of hydrogen-bond donors (Lipinski definition) is 3. The zero-order valence-electron chi connectivity index (χ0n) is 11.6. The maximum Gasteiger partial charge on any atom is 0.335 e. The fourth-order valence-electron chi connectivity index (χ4n) is 3.25. The second-order valence-corrected chi connectivity index (χ2v) is 5.55. The Balaban J connectivity index is 1.73. The number of nitrogens with one attached hydrogen (secondary N) is 1. The first-order valence-corrected chi connectivity index (χ1v) is 7.00. The van der Waals surface area contributed by atoms with Gasteiger partial charge in [0.05, 0.1) is 29.6 Å². The number of rotatable bonds is 4. The van der Waals surface area contributed by atoms with E-state index in [2.05, 4.69) is 5.32 Å². The van der Waals surface area contributed by atoms with E-state index in [1.54, 1.807) is 0 Å². The highest BCUT2D eigenvalue weighted by atomic mass is 16.5. The molecule has 0 saturated carbocycles. The Kier molecular flexibility index (Phi) is 3.58. The summed E-state index contributed by atoms with van der Waals surface area (Å²) >= 11 is 0. The molecule has 0 aliphatic carbocycles. The Labute approximate surface area is 125 Å². The third-order valence-electron chi connectivity index (χ3n) is 4.26. The second-order valence-electron chi connectivity index (χ2n) is 5.55. The molecule has 2 aliphatic rings. The molecule has 2 aliphatic heterocycles. The van der Waals surface area contributed by atoms with Crippen molar-refractivity contribution in [1.82, 2.24) is 0 Å². The number of anilines is 1. The van der Waals surface area contributed by atoms with Crippen LogP contribution < -0.4 is 5.32 Å². The molecule has 2 saturated heterocycles. The minimum atomic E-state index is -1.05. The summed E-state index contributed by atoms with van der Waals surface area (Å²) in [5.74, 6) is -4.01. The normalized spacial score (nSPS) is 29.3. The summed E-state index contributed by atoms with van der Waals surface area (Å²) in [5, 5.41) is 20.8. The molecule has 2 heterocycles. The average Bonchev–Trinajstić information content (AvgIpc) is 3.08. The predicted molar refractivity (Wildman–Crippen MR) is 74.5 cm³/mol. The summed E-state index contributed by atoms with van der Waals surface area (Å²) in [4.78, 5) is 34.5. The first-order chi connectivity index (χ1) is 10.5. The number of carbonyl (C=O) groups is 3. The molecule has 1 amide bonds. The van der Waals surface area contributed by atoms with Gasteiger partial charge in [0.25, 0.3) is 0 Å². The molecule has 0 aromatic heterocycles. The molecular formula is C15H15NO6. The van der Waals surface area contributed by atoms with Gasteiger partial charge in [-0.25, -0.2) is 4.79 Å². The van der Waals surface area contributed by atoms with Gasteiger partial charge in [0, 0.05) is 5.69 Å². The molecule has 2 bridgehead atoms. The van der Waals surface area contributed by atoms with Gasteiger partial charge < -0.3 is 20.3 Å². The van der Waals surface area contributed by atoms with E-state index in [9.17, 15) is 19.5 Å². The van der Waals surface area contributed by atoms with E-state index in [0.717, 1.165) is 0 Å². The Hall–Kier alpha value is -2.41. The lowest BCUT2D eigenvalue weighted by atomic mass is 9.78. The maximum absolute atomic E-state index is 12.4. The summed E-state index contributed by atoms with van der Waals surface area (Å²) in [7, 11) is 0. The fourth-order valence-corrected chi connectivity index (χ4v) is 3.25. The number of aliphatic carboxylic acids is 1. The lowest BCUT2D eigenvalue weighted by Gasteiger charge is -2.23. The molecule has 22 heavy (non-hydrogen) atoms. The van der Waals surface area contributed by atoms with Gasteiger partial charge in [-0.1, -0.05) is 0 Å². The summed E-state index contributed by atoms with van der Waals surface area (Å²) in [5.41, 5.74) is 0.548. The van der Waals surface area contributed by atoms with Gasteiger partial charge in [0.15, 0.2) is 0 Å². The molecular weight excluding hydrogens is 290 g/mol. The van der Waals surface area contributed by atoms with Crippen LogP contribution in [0.15, 0.2) is 24.3 Å². The van der Waals surface area contributed by atoms with E-state index in [1.165, 1.54) is 24.3 Å². The van der Waals surface area contributed by atoms with Crippen molar-refractivity contribution < 1.29 is 29.3 Å². The van der Waals surface area contributed by atoms with E-state index in [0.29, 0.717) is 18.5 Å². The van der Waals surface area contributed by atoms with Crippen molar-refractivity contribution in [1.29, 1.82) is 0 Å². The molecule has 0 spiro atoms. The van der Waals surface area contributed by atoms with Gasteiger partial charge in [-0.15, -0.1) is 0 Å². The third-order valence-corrected chi connectivity index (χ3v) is 4.26. The number of hydrogen-bond acceptors (Lipinski definition) is 4. The topological polar surface area (TPSA) is 113 Å². The van der Waals surface area contributed by atoms with Crippen molar-refractivity contribution in [2.24, 2.45) is 11.8 Å². The molecule has 1 aromatic rings. The smallest absolute Gasteiger partial charge is 0.335 e. The predicted octanol–water partition coefficient (Wildman–Crippen LogP) is 1.20. The Morgan fingerprint density at radius 2 is 1.59 bits per heavy atom. The van der Waals surface area contributed by atoms with Crippen molar-refractivity contribution in [3.8, 4) is 0 Å². The van der Waals surface area contributed by atoms with Crippen LogP contribution in [0.1, 0.15) is 23.2 Å². The van der Waals surface area contributed by atoms with Gasteiger partial charge in [-0.05, 0) is 37.1 Å². The van der Waals surface area contributed by atoms with Gasteiger partial charge in [0.1, 0.15) is 0 Å². The summed E-state index contributed by atoms with van der Waals surface area (Å²) in [6.45, 7) is 0. The third kappa shape index (κ3) is 2.43. The molecule has 2 fully saturated rings. The summed E-state index contributed by atoms with van der Waals surface area (Å²) in [6, 6.07) is 5.71. The van der Waals surface area contributed by atoms with Crippen LogP contribution in [-0.4, -0.2) is 40.3 Å². The average molecular weight is 305 g/mol. The van der Waals surface area contributed by atoms with E-state index >= 15 is 0 Å². The minimum absolute atomic E-state index is 0.115. The number of benzene rings is 1. The maximum atomic E-state index is 12.4. The molecule has 3 N–H and O–H groups in total. The Morgan fingerprint density at radius 1 is 1.00 bits per heavy atom. The van der Waals surface area contributed by atoms with E-state index < -0.39 is 35.8 Å². The van der Waals surface area contributed by atoms with Crippen molar-refractivity contribution in [3.63, 3.8) is 0 Å². The van der Waals surface area contributed by atoms with Gasteiger partial charge in [-0.2, -0.15) is 0 Å². The van der Waals surface area contributed by atoms with Crippen molar-refractivity contribution in [2.45, 2.75) is 25.0 Å². The molecule has 3 rings (SSSR count). The lowest BCUT2D eigenvalue weighted by molar-refractivity contribution is -0.147. The number of carbonyl (C=O) groups excluding carboxylic acids is 1. The van der Waals surface area contributed by atoms with E-state index in [-0.39, 0.29) is 11.7 Å². The second kappa shape index (κ2) is 5.42. The minimum Gasteiger partial charge on any atom is -0.481 e. The standard InChI is InChI=1S/C15H15NO6/c17-13(16-8-3-1-7(2-4-8)14(18)19)11-9-5-6-10(22-9)12(11)15(20)21/h1-4,9-12H,5-6H2,(H,16,17)(H,18,19)(H,20,21)/t9-,10-,11?,12?/m1/s1. The fraction of sp³-hybridized carbons (Fsp3) is 0.400. The lowest BCUT2D eigenvalue weighted by Crippen LogP contribution is -2.40. The molecule has 7 heteroatoms. The summed E-state index contributed by atoms with van der Waals surface area (Å²) in [6.07, 6.45) is 0.598. The van der Waals surface area contributed by atoms with Crippen molar-refractivity contribution in [2.75, 3.05) is 5.32 Å². The quantitative estimate of drug-likeness (QED) is 0.770. The zero-order valence-corrected chi connectivity index (χ0v) is 11.6. The monoisotopic (exact) mass is 305 g/mol. The number of aromatic carboxylic acids is 1. The number of carboxylic acids is 2. The first-order valence-electron chi connectivity index (χ1n) is 7.00. The molecule has 0 radical (unpaired) electrons. The van der Waals surface area contributed by atoms with Gasteiger partial charge in [0.2, 0.25) is 5.91 Å². The molecule has 7 nitrogen and oxygen atoms in total. The van der Waals surface area contributed by atoms with Crippen molar-refractivity contribution in [3.05, 3.63) is 29.8 Å². The van der Waals surface area contributed by atoms with Gasteiger partial charge in [-0.3, -0.25) is 9.59 Å². The van der Waals surface area contributed by atoms with Crippen LogP contribution in [-0.2, 0) is 14.3 Å². The molecule has 116 valence electrons. The largest absolute Gasteiger partial charge is 0.481 e. The van der Waals surface area contributed by atoms with Crippen LogP contribution in [0, 0.1) is 11.8 Å². The highest BCUT2D eigenvalue weighted by Gasteiger charge is 2.55. The number of fused-ring (bicyclic) bond motifs is 2. The molecule has 4 atom stereocenters. The van der Waals surface area contributed by atoms with Crippen LogP contribution >= 0.6 is 0 Å². The van der Waals surface area contributed by atoms with E-state index in [1.807, 2.05) is 0 Å². The van der Waals surface area contributed by atoms with Crippen LogP contribution in [0.2, 0.25) is 0 Å². The SMILES string of the molecule is O=C(O)c1ccc(NC(=O)C2C(C(=O)O)[C@H]3CC[C@H]2O3)cc1. The summed E-state index contributed by atoms with van der Waals surface area (Å²) < 4.78 is 5.55. The van der Waals surface area contributed by atoms with Crippen LogP contribution in [0.4, 0.5) is 5.69 Å². The van der Waals surface area contributed by atoms with E-state index in [4.69, 9.17) is 9.84 Å². The zero-order chi connectivity index (χ0) is 15.9. The molecule has 1 aromatic carbocycles. The van der Waals surface area contributed by atoms with Crippen LogP contribution in [0.3, 0.4) is 0 Å². The van der Waals surface area contributed by atoms with Crippen LogP contribution in [0.5, 0.6) is 0 Å². The number of ether oxygens (including phenoxy) is 1. The molecule has 2 unspecified atom stereocenters. The Morgan fingerprint density at radius 3 is 2.14 bits per heavy atom. The Bertz CT molecular complexity index is 625. The van der Waals surface area contributed by atoms with Gasteiger partial charge >= 0.3 is 11.9 Å².